The quantitative estimate of drug-likeness (QED) is 0.456. The number of para-hydroxylation sites is 1. The second-order valence-corrected chi connectivity index (χ2v) is 5.17. The van der Waals surface area contributed by atoms with Crippen LogP contribution in [-0.2, 0) is 5.88 Å². The average Bonchev–Trinajstić information content (AvgIpc) is 2.42. The summed E-state index contributed by atoms with van der Waals surface area (Å²) in [6.07, 6.45) is 1.58. The Morgan fingerprint density at radius 1 is 1.50 bits per heavy atom. The molecule has 2 aromatic rings. The van der Waals surface area contributed by atoms with E-state index in [1.165, 1.54) is 6.07 Å². The van der Waals surface area contributed by atoms with Gasteiger partial charge in [0.2, 0.25) is 11.6 Å². The minimum absolute atomic E-state index is 0.123. The molecule has 0 unspecified atom stereocenters. The number of aromatic nitrogens is 1. The molecule has 0 aliphatic heterocycles. The lowest BCUT2D eigenvalue weighted by atomic mass is 10.2. The zero-order chi connectivity index (χ0) is 14.7. The van der Waals surface area contributed by atoms with Gasteiger partial charge >= 0.3 is 5.69 Å². The average molecular weight is 358 g/mol. The fraction of sp³-hybridized carbons (Fsp3) is 0.154. The normalized spacial score (nSPS) is 10.3. The number of rotatable bonds is 4. The van der Waals surface area contributed by atoms with Crippen molar-refractivity contribution in [1.29, 1.82) is 0 Å². The Bertz CT molecular complexity index is 664. The highest BCUT2D eigenvalue weighted by atomic mass is 79.9. The van der Waals surface area contributed by atoms with Crippen LogP contribution in [0.1, 0.15) is 11.1 Å². The largest absolute Gasteiger partial charge is 0.430 e. The lowest BCUT2D eigenvalue weighted by molar-refractivity contribution is -0.385. The van der Waals surface area contributed by atoms with Crippen LogP contribution in [0.25, 0.3) is 0 Å². The van der Waals surface area contributed by atoms with E-state index in [2.05, 4.69) is 20.9 Å². The van der Waals surface area contributed by atoms with Crippen LogP contribution in [0.2, 0.25) is 0 Å². The molecule has 1 aromatic carbocycles. The van der Waals surface area contributed by atoms with Crippen LogP contribution in [0, 0.1) is 17.0 Å². The Hall–Kier alpha value is -1.66. The number of alkyl halides is 1. The maximum absolute atomic E-state index is 11.0. The lowest BCUT2D eigenvalue weighted by Crippen LogP contribution is -1.97. The molecule has 0 atom stereocenters. The molecule has 0 saturated carbocycles. The van der Waals surface area contributed by atoms with Gasteiger partial charge in [-0.05, 0) is 40.5 Å². The van der Waals surface area contributed by atoms with E-state index >= 15 is 0 Å². The highest BCUT2D eigenvalue weighted by molar-refractivity contribution is 9.10. The van der Waals surface area contributed by atoms with Crippen LogP contribution in [0.15, 0.2) is 34.9 Å². The molecule has 0 bridgehead atoms. The molecule has 0 aliphatic carbocycles. The molecule has 0 fully saturated rings. The van der Waals surface area contributed by atoms with E-state index in [4.69, 9.17) is 16.3 Å². The number of nitrogens with zero attached hydrogens (tertiary/aromatic N) is 2. The molecule has 5 nitrogen and oxygen atoms in total. The summed E-state index contributed by atoms with van der Waals surface area (Å²) in [5, 5.41) is 11.0. The number of aryl methyl sites for hydroxylation is 1. The van der Waals surface area contributed by atoms with Crippen molar-refractivity contribution in [3.63, 3.8) is 0 Å². The van der Waals surface area contributed by atoms with Crippen molar-refractivity contribution in [3.05, 3.63) is 56.2 Å². The first-order valence-corrected chi connectivity index (χ1v) is 6.98. The van der Waals surface area contributed by atoms with E-state index in [-0.39, 0.29) is 11.4 Å². The van der Waals surface area contributed by atoms with Crippen molar-refractivity contribution in [1.82, 2.24) is 4.98 Å². The first-order valence-electron chi connectivity index (χ1n) is 5.65. The van der Waals surface area contributed by atoms with E-state index in [1.807, 2.05) is 6.07 Å². The van der Waals surface area contributed by atoms with Crippen molar-refractivity contribution < 1.29 is 9.66 Å². The predicted molar refractivity (Wildman–Crippen MR) is 79.4 cm³/mol. The molecule has 104 valence electrons. The molecule has 7 heteroatoms. The van der Waals surface area contributed by atoms with E-state index in [0.29, 0.717) is 16.2 Å². The molecule has 20 heavy (non-hydrogen) atoms. The summed E-state index contributed by atoms with van der Waals surface area (Å²) in [5.74, 6) is 0.795. The van der Waals surface area contributed by atoms with Crippen LogP contribution >= 0.6 is 27.5 Å². The molecular weight excluding hydrogens is 348 g/mol. The standard InChI is InChI=1S/C13H10BrClN2O3/c1-8-5-9(6-15)7-16-13(8)20-12-10(14)3-2-4-11(12)17(18)19/h2-5,7H,6H2,1H3. The third kappa shape index (κ3) is 3.08. The SMILES string of the molecule is Cc1cc(CCl)cnc1Oc1c(Br)cccc1[N+](=O)[O-]. The van der Waals surface area contributed by atoms with Gasteiger partial charge in [-0.15, -0.1) is 11.6 Å². The summed E-state index contributed by atoms with van der Waals surface area (Å²) in [4.78, 5) is 14.7. The number of hydrogen-bond acceptors (Lipinski definition) is 4. The molecule has 1 aromatic heterocycles. The topological polar surface area (TPSA) is 65.3 Å². The van der Waals surface area contributed by atoms with Crippen LogP contribution in [-0.4, -0.2) is 9.91 Å². The maximum Gasteiger partial charge on any atom is 0.312 e. The Morgan fingerprint density at radius 3 is 2.85 bits per heavy atom. The van der Waals surface area contributed by atoms with Crippen molar-refractivity contribution in [3.8, 4) is 11.6 Å². The van der Waals surface area contributed by atoms with Crippen LogP contribution < -0.4 is 4.74 Å². The van der Waals surface area contributed by atoms with Gasteiger partial charge in [-0.2, -0.15) is 0 Å². The number of nitro benzene ring substituents is 1. The first kappa shape index (κ1) is 14.7. The third-order valence-electron chi connectivity index (χ3n) is 2.58. The van der Waals surface area contributed by atoms with Crippen LogP contribution in [0.5, 0.6) is 11.6 Å². The number of pyridine rings is 1. The highest BCUT2D eigenvalue weighted by Crippen LogP contribution is 2.38. The number of nitro groups is 1. The molecule has 0 aliphatic rings. The summed E-state index contributed by atoms with van der Waals surface area (Å²) in [6, 6.07) is 6.46. The number of halogens is 2. The number of benzene rings is 1. The Labute approximate surface area is 128 Å². The van der Waals surface area contributed by atoms with E-state index in [1.54, 1.807) is 25.3 Å². The summed E-state index contributed by atoms with van der Waals surface area (Å²) >= 11 is 8.97. The molecule has 0 radical (unpaired) electrons. The molecule has 2 rings (SSSR count). The maximum atomic E-state index is 11.0. The van der Waals surface area contributed by atoms with Crippen molar-refractivity contribution in [2.75, 3.05) is 0 Å². The fourth-order valence-electron chi connectivity index (χ4n) is 1.64. The Kier molecular flexibility index (Phi) is 4.57. The van der Waals surface area contributed by atoms with Gasteiger partial charge in [0.15, 0.2) is 0 Å². The highest BCUT2D eigenvalue weighted by Gasteiger charge is 2.19. The third-order valence-corrected chi connectivity index (χ3v) is 3.52. The molecule has 0 N–H and O–H groups in total. The minimum Gasteiger partial charge on any atom is -0.430 e. The first-order chi connectivity index (χ1) is 9.52. The van der Waals surface area contributed by atoms with Gasteiger partial charge in [0.05, 0.1) is 9.40 Å². The van der Waals surface area contributed by atoms with Crippen LogP contribution in [0.4, 0.5) is 5.69 Å². The van der Waals surface area contributed by atoms with Crippen molar-refractivity contribution in [2.45, 2.75) is 12.8 Å². The lowest BCUT2D eigenvalue weighted by Gasteiger charge is -2.10. The molecule has 0 saturated heterocycles. The monoisotopic (exact) mass is 356 g/mol. The smallest absolute Gasteiger partial charge is 0.312 e. The molecule has 1 heterocycles. The fourth-order valence-corrected chi connectivity index (χ4v) is 2.22. The zero-order valence-corrected chi connectivity index (χ0v) is 12.8. The van der Waals surface area contributed by atoms with Gasteiger partial charge < -0.3 is 4.74 Å². The van der Waals surface area contributed by atoms with Crippen molar-refractivity contribution in [2.24, 2.45) is 0 Å². The minimum atomic E-state index is -0.497. The van der Waals surface area contributed by atoms with Gasteiger partial charge in [-0.25, -0.2) is 4.98 Å². The van der Waals surface area contributed by atoms with E-state index in [9.17, 15) is 10.1 Å². The van der Waals surface area contributed by atoms with E-state index < -0.39 is 4.92 Å². The molecule has 0 spiro atoms. The summed E-state index contributed by atoms with van der Waals surface area (Å²) in [5.41, 5.74) is 1.49. The summed E-state index contributed by atoms with van der Waals surface area (Å²) < 4.78 is 6.08. The van der Waals surface area contributed by atoms with Crippen molar-refractivity contribution >= 4 is 33.2 Å². The predicted octanol–water partition coefficient (Wildman–Crippen LogP) is 4.59. The van der Waals surface area contributed by atoms with Gasteiger partial charge in [0.25, 0.3) is 0 Å². The van der Waals surface area contributed by atoms with Gasteiger partial charge in [-0.1, -0.05) is 6.07 Å². The summed E-state index contributed by atoms with van der Waals surface area (Å²) in [6.45, 7) is 1.81. The van der Waals surface area contributed by atoms with Gasteiger partial charge in [0.1, 0.15) is 0 Å². The second kappa shape index (κ2) is 6.19. The van der Waals surface area contributed by atoms with Gasteiger partial charge in [-0.3, -0.25) is 10.1 Å². The van der Waals surface area contributed by atoms with E-state index in [0.717, 1.165) is 11.1 Å². The second-order valence-electron chi connectivity index (χ2n) is 4.05. The summed E-state index contributed by atoms with van der Waals surface area (Å²) in [7, 11) is 0. The number of ether oxygens (including phenoxy) is 1. The molecule has 0 amide bonds. The Balaban J connectivity index is 2.42. The van der Waals surface area contributed by atoms with Crippen LogP contribution in [0.3, 0.4) is 0 Å². The molecular formula is C13H10BrClN2O3. The Morgan fingerprint density at radius 2 is 2.25 bits per heavy atom. The number of hydrogen-bond donors (Lipinski definition) is 0. The van der Waals surface area contributed by atoms with Gasteiger partial charge in [0, 0.05) is 23.7 Å². The zero-order valence-electron chi connectivity index (χ0n) is 10.5.